The molecule has 0 spiro atoms. The molecule has 0 saturated heterocycles. The van der Waals surface area contributed by atoms with Crippen LogP contribution in [0.5, 0.6) is 28.7 Å². The van der Waals surface area contributed by atoms with Gasteiger partial charge in [0.25, 0.3) is 0 Å². The Morgan fingerprint density at radius 1 is 1.08 bits per heavy atom. The van der Waals surface area contributed by atoms with Crippen LogP contribution in [0.2, 0.25) is 0 Å². The molecule has 11 heteroatoms. The Hall–Kier alpha value is -3.99. The Kier molecular flexibility index (Phi) is 7.49. The van der Waals surface area contributed by atoms with E-state index in [9.17, 15) is 14.6 Å². The minimum absolute atomic E-state index is 0.00265. The maximum absolute atomic E-state index is 14.7. The second kappa shape index (κ2) is 10.7. The molecule has 2 atom stereocenters. The number of aromatic nitrogens is 2. The minimum atomic E-state index is -0.720. The molecule has 0 radical (unpaired) electrons. The quantitative estimate of drug-likeness (QED) is 0.222. The molecule has 10 nitrogen and oxygen atoms in total. The molecule has 2 aromatic carbocycles. The number of benzene rings is 2. The number of aromatic hydroxyl groups is 2. The molecule has 1 aromatic heterocycles. The van der Waals surface area contributed by atoms with Gasteiger partial charge in [0.05, 0.1) is 26.1 Å². The monoisotopic (exact) mass is 499 g/mol. The fourth-order valence-electron chi connectivity index (χ4n) is 4.23. The summed E-state index contributed by atoms with van der Waals surface area (Å²) in [4.78, 5) is 8.26. The molecule has 36 heavy (non-hydrogen) atoms. The standard InChI is InChI=1S/C25H30FN5O5/c1-13-9-15(11-20(34-2)22(13)35-3)29-25-28-12-17(26)24(31-25)30-18-7-8-19(32)21(33)23(18)36-16-6-4-5-14(27)10-16/h7-9,11-12,14,16,32-33H,4-6,10,27H2,1-3H3,(H2,28,29,30,31)/t14-,16+/m0/s1. The lowest BCUT2D eigenvalue weighted by Gasteiger charge is -2.28. The number of nitrogens with zero attached hydrogens (tertiary/aromatic N) is 2. The van der Waals surface area contributed by atoms with Crippen LogP contribution in [0, 0.1) is 12.7 Å². The largest absolute Gasteiger partial charge is 0.504 e. The zero-order valence-electron chi connectivity index (χ0n) is 20.3. The van der Waals surface area contributed by atoms with Gasteiger partial charge in [-0.3, -0.25) is 0 Å². The van der Waals surface area contributed by atoms with Crippen molar-refractivity contribution in [3.63, 3.8) is 0 Å². The van der Waals surface area contributed by atoms with Crippen LogP contribution in [-0.2, 0) is 0 Å². The van der Waals surface area contributed by atoms with Crippen molar-refractivity contribution in [1.29, 1.82) is 0 Å². The predicted molar refractivity (Wildman–Crippen MR) is 133 cm³/mol. The molecule has 6 N–H and O–H groups in total. The summed E-state index contributed by atoms with van der Waals surface area (Å²) in [6.07, 6.45) is 3.92. The van der Waals surface area contributed by atoms with Crippen LogP contribution >= 0.6 is 0 Å². The van der Waals surface area contributed by atoms with Gasteiger partial charge < -0.3 is 40.8 Å². The molecule has 0 bridgehead atoms. The summed E-state index contributed by atoms with van der Waals surface area (Å²) in [7, 11) is 3.09. The molecule has 4 rings (SSSR count). The van der Waals surface area contributed by atoms with Crippen LogP contribution in [0.4, 0.5) is 27.5 Å². The van der Waals surface area contributed by atoms with Gasteiger partial charge in [0.2, 0.25) is 11.7 Å². The van der Waals surface area contributed by atoms with E-state index in [-0.39, 0.29) is 41.1 Å². The van der Waals surface area contributed by atoms with Crippen molar-refractivity contribution in [1.82, 2.24) is 9.97 Å². The molecule has 3 aromatic rings. The van der Waals surface area contributed by atoms with Crippen LogP contribution < -0.4 is 30.6 Å². The Morgan fingerprint density at radius 3 is 2.61 bits per heavy atom. The number of nitrogens with one attached hydrogen (secondary N) is 2. The van der Waals surface area contributed by atoms with Gasteiger partial charge in [-0.2, -0.15) is 4.98 Å². The number of methoxy groups -OCH3 is 2. The van der Waals surface area contributed by atoms with E-state index in [1.807, 2.05) is 13.0 Å². The van der Waals surface area contributed by atoms with Crippen molar-refractivity contribution >= 4 is 23.1 Å². The molecule has 0 unspecified atom stereocenters. The second-order valence-corrected chi connectivity index (χ2v) is 8.65. The molecular formula is C25H30FN5O5. The van der Waals surface area contributed by atoms with Gasteiger partial charge in [0.15, 0.2) is 34.6 Å². The highest BCUT2D eigenvalue weighted by atomic mass is 19.1. The van der Waals surface area contributed by atoms with Gasteiger partial charge in [0.1, 0.15) is 6.10 Å². The third-order valence-electron chi connectivity index (χ3n) is 5.98. The predicted octanol–water partition coefficient (Wildman–Crippen LogP) is 4.49. The first-order valence-electron chi connectivity index (χ1n) is 11.6. The van der Waals surface area contributed by atoms with E-state index in [1.165, 1.54) is 19.2 Å². The summed E-state index contributed by atoms with van der Waals surface area (Å²) in [5.74, 6) is -0.445. The zero-order chi connectivity index (χ0) is 25.8. The summed E-state index contributed by atoms with van der Waals surface area (Å²) < 4.78 is 31.4. The van der Waals surface area contributed by atoms with E-state index in [0.29, 0.717) is 23.6 Å². The van der Waals surface area contributed by atoms with Gasteiger partial charge in [-0.1, -0.05) is 0 Å². The number of rotatable bonds is 8. The molecule has 0 amide bonds. The third-order valence-corrected chi connectivity index (χ3v) is 5.98. The van der Waals surface area contributed by atoms with E-state index < -0.39 is 11.6 Å². The topological polar surface area (TPSA) is 144 Å². The fourth-order valence-corrected chi connectivity index (χ4v) is 4.23. The first-order chi connectivity index (χ1) is 17.3. The SMILES string of the molecule is COc1cc(Nc2ncc(F)c(Nc3ccc(O)c(O)c3O[C@@H]3CCC[C@H](N)C3)n2)cc(C)c1OC. The summed E-state index contributed by atoms with van der Waals surface area (Å²) >= 11 is 0. The minimum Gasteiger partial charge on any atom is -0.504 e. The first kappa shape index (κ1) is 25.1. The van der Waals surface area contributed by atoms with Gasteiger partial charge in [-0.05, 0) is 56.4 Å². The zero-order valence-corrected chi connectivity index (χ0v) is 20.3. The second-order valence-electron chi connectivity index (χ2n) is 8.65. The lowest BCUT2D eigenvalue weighted by atomic mass is 9.93. The number of hydrogen-bond donors (Lipinski definition) is 5. The Balaban J connectivity index is 1.60. The molecule has 192 valence electrons. The average Bonchev–Trinajstić information content (AvgIpc) is 2.85. The van der Waals surface area contributed by atoms with Crippen molar-refractivity contribution in [2.75, 3.05) is 24.9 Å². The molecule has 1 aliphatic carbocycles. The summed E-state index contributed by atoms with van der Waals surface area (Å²) in [6, 6.07) is 6.28. The molecule has 1 aliphatic rings. The number of phenols is 2. The van der Waals surface area contributed by atoms with Gasteiger partial charge >= 0.3 is 0 Å². The Morgan fingerprint density at radius 2 is 1.89 bits per heavy atom. The maximum atomic E-state index is 14.7. The average molecular weight is 500 g/mol. The molecular weight excluding hydrogens is 469 g/mol. The van der Waals surface area contributed by atoms with Crippen LogP contribution in [0.25, 0.3) is 0 Å². The lowest BCUT2D eigenvalue weighted by molar-refractivity contribution is 0.140. The van der Waals surface area contributed by atoms with E-state index in [0.717, 1.165) is 31.0 Å². The number of aryl methyl sites for hydroxylation is 1. The highest BCUT2D eigenvalue weighted by molar-refractivity contribution is 5.72. The van der Waals surface area contributed by atoms with Gasteiger partial charge in [0, 0.05) is 17.8 Å². The van der Waals surface area contributed by atoms with Crippen molar-refractivity contribution in [3.8, 4) is 28.7 Å². The Bertz CT molecular complexity index is 1240. The number of halogens is 1. The van der Waals surface area contributed by atoms with E-state index in [2.05, 4.69) is 20.6 Å². The molecule has 1 saturated carbocycles. The smallest absolute Gasteiger partial charge is 0.229 e. The summed E-state index contributed by atoms with van der Waals surface area (Å²) in [5.41, 5.74) is 7.72. The van der Waals surface area contributed by atoms with Crippen LogP contribution in [0.15, 0.2) is 30.5 Å². The molecule has 1 fully saturated rings. The summed E-state index contributed by atoms with van der Waals surface area (Å²) in [5, 5.41) is 26.4. The van der Waals surface area contributed by atoms with E-state index in [1.54, 1.807) is 13.2 Å². The van der Waals surface area contributed by atoms with Crippen molar-refractivity contribution in [2.24, 2.45) is 5.73 Å². The molecule has 0 aliphatic heterocycles. The third kappa shape index (κ3) is 5.46. The highest BCUT2D eigenvalue weighted by Gasteiger charge is 2.25. The van der Waals surface area contributed by atoms with E-state index >= 15 is 0 Å². The van der Waals surface area contributed by atoms with Crippen LogP contribution in [-0.4, -0.2) is 46.5 Å². The number of ether oxygens (including phenoxy) is 3. The number of phenolic OH excluding ortho intramolecular Hbond substituents is 2. The van der Waals surface area contributed by atoms with Crippen molar-refractivity contribution in [3.05, 3.63) is 41.8 Å². The molecule has 1 heterocycles. The Labute approximate surface area is 208 Å². The summed E-state index contributed by atoms with van der Waals surface area (Å²) in [6.45, 7) is 1.86. The number of hydrogen-bond acceptors (Lipinski definition) is 10. The number of nitrogens with two attached hydrogens (primary N) is 1. The van der Waals surface area contributed by atoms with Crippen molar-refractivity contribution < 1.29 is 28.8 Å². The number of anilines is 4. The van der Waals surface area contributed by atoms with Crippen molar-refractivity contribution in [2.45, 2.75) is 44.8 Å². The van der Waals surface area contributed by atoms with E-state index in [4.69, 9.17) is 19.9 Å². The fraction of sp³-hybridized carbons (Fsp3) is 0.360. The van der Waals surface area contributed by atoms with Crippen LogP contribution in [0.3, 0.4) is 0 Å². The lowest BCUT2D eigenvalue weighted by Crippen LogP contribution is -2.33. The highest BCUT2D eigenvalue weighted by Crippen LogP contribution is 2.44. The maximum Gasteiger partial charge on any atom is 0.229 e. The normalized spacial score (nSPS) is 17.4. The van der Waals surface area contributed by atoms with Gasteiger partial charge in [-0.15, -0.1) is 0 Å². The van der Waals surface area contributed by atoms with Crippen LogP contribution in [0.1, 0.15) is 31.2 Å². The van der Waals surface area contributed by atoms with Gasteiger partial charge in [-0.25, -0.2) is 9.37 Å². The first-order valence-corrected chi connectivity index (χ1v) is 11.6.